The molecule has 1 aromatic rings. The zero-order valence-electron chi connectivity index (χ0n) is 16.7. The van der Waals surface area contributed by atoms with Crippen LogP contribution in [0.3, 0.4) is 0 Å². The number of para-hydroxylation sites is 1. The number of nitrogens with one attached hydrogen (secondary N) is 1. The Morgan fingerprint density at radius 1 is 1.29 bits per heavy atom. The van der Waals surface area contributed by atoms with E-state index in [2.05, 4.69) is 11.9 Å². The van der Waals surface area contributed by atoms with Crippen LogP contribution in [0, 0.1) is 0 Å². The molecule has 1 N–H and O–H groups in total. The Kier molecular flexibility index (Phi) is 6.24. The van der Waals surface area contributed by atoms with Crippen molar-refractivity contribution in [2.75, 3.05) is 45.9 Å². The number of hydrogen-bond donors (Lipinski definition) is 1. The van der Waals surface area contributed by atoms with Gasteiger partial charge in [-0.15, -0.1) is 6.58 Å². The second kappa shape index (κ2) is 8.65. The summed E-state index contributed by atoms with van der Waals surface area (Å²) in [6.07, 6.45) is 2.48. The summed E-state index contributed by atoms with van der Waals surface area (Å²) in [6, 6.07) is 5.80. The number of fused-ring (bicyclic) bond motifs is 1. The topological polar surface area (TPSA) is 71.1 Å². The lowest BCUT2D eigenvalue weighted by Gasteiger charge is -2.34. The van der Waals surface area contributed by atoms with Crippen LogP contribution >= 0.6 is 0 Å². The van der Waals surface area contributed by atoms with Gasteiger partial charge >= 0.3 is 0 Å². The molecule has 0 aromatic heterocycles. The predicted octanol–water partition coefficient (Wildman–Crippen LogP) is 1.23. The van der Waals surface area contributed by atoms with E-state index in [0.717, 1.165) is 17.7 Å². The molecule has 0 atom stereocenters. The van der Waals surface area contributed by atoms with Gasteiger partial charge in [0.15, 0.2) is 18.1 Å². The molecule has 7 nitrogen and oxygen atoms in total. The molecular formula is C21H29N3O4. The number of amides is 2. The Labute approximate surface area is 166 Å². The summed E-state index contributed by atoms with van der Waals surface area (Å²) >= 11 is 0. The lowest BCUT2D eigenvalue weighted by Crippen LogP contribution is -2.52. The minimum atomic E-state index is -0.250. The van der Waals surface area contributed by atoms with Gasteiger partial charge in [-0.1, -0.05) is 18.2 Å². The van der Waals surface area contributed by atoms with Gasteiger partial charge in [0, 0.05) is 44.7 Å². The molecule has 2 aliphatic rings. The van der Waals surface area contributed by atoms with E-state index in [1.807, 2.05) is 36.9 Å². The molecule has 0 spiro atoms. The zero-order chi connectivity index (χ0) is 20.1. The van der Waals surface area contributed by atoms with Crippen molar-refractivity contribution in [3.8, 4) is 11.5 Å². The molecule has 0 saturated carbocycles. The van der Waals surface area contributed by atoms with Gasteiger partial charge in [0.2, 0.25) is 5.91 Å². The van der Waals surface area contributed by atoms with Crippen LogP contribution in [0.25, 0.3) is 0 Å². The van der Waals surface area contributed by atoms with Crippen LogP contribution in [-0.4, -0.2) is 73.1 Å². The number of carbonyl (C=O) groups excluding carboxylic acids is 2. The number of hydrogen-bond acceptors (Lipinski definition) is 5. The van der Waals surface area contributed by atoms with Crippen LogP contribution in [0.1, 0.15) is 19.4 Å². The van der Waals surface area contributed by atoms with Crippen molar-refractivity contribution in [1.82, 2.24) is 15.1 Å². The monoisotopic (exact) mass is 387 g/mol. The van der Waals surface area contributed by atoms with Gasteiger partial charge in [-0.05, 0) is 19.9 Å². The molecule has 0 radical (unpaired) electrons. The van der Waals surface area contributed by atoms with Gasteiger partial charge < -0.3 is 19.7 Å². The first-order valence-electron chi connectivity index (χ1n) is 9.69. The first-order chi connectivity index (χ1) is 13.4. The summed E-state index contributed by atoms with van der Waals surface area (Å²) in [5.74, 6) is 1.29. The van der Waals surface area contributed by atoms with Crippen molar-refractivity contribution < 1.29 is 19.1 Å². The third-order valence-electron chi connectivity index (χ3n) is 4.94. The average Bonchev–Trinajstić information content (AvgIpc) is 2.99. The minimum Gasteiger partial charge on any atom is -0.483 e. The van der Waals surface area contributed by atoms with E-state index in [4.69, 9.17) is 9.47 Å². The molecule has 1 fully saturated rings. The number of carbonyl (C=O) groups is 2. The molecule has 2 aliphatic heterocycles. The van der Waals surface area contributed by atoms with Crippen molar-refractivity contribution in [2.45, 2.75) is 25.9 Å². The molecule has 1 saturated heterocycles. The summed E-state index contributed by atoms with van der Waals surface area (Å²) in [7, 11) is 0. The lowest BCUT2D eigenvalue weighted by atomic mass is 10.0. The first kappa shape index (κ1) is 20.2. The summed E-state index contributed by atoms with van der Waals surface area (Å²) in [4.78, 5) is 28.1. The van der Waals surface area contributed by atoms with Gasteiger partial charge in [0.05, 0.1) is 6.54 Å². The van der Waals surface area contributed by atoms with Crippen LogP contribution < -0.4 is 14.8 Å². The Morgan fingerprint density at radius 3 is 2.75 bits per heavy atom. The molecule has 0 bridgehead atoms. The maximum atomic E-state index is 12.5. The Hall–Kier alpha value is -2.54. The predicted molar refractivity (Wildman–Crippen MR) is 107 cm³/mol. The molecule has 0 unspecified atom stereocenters. The van der Waals surface area contributed by atoms with Gasteiger partial charge in [-0.3, -0.25) is 14.5 Å². The summed E-state index contributed by atoms with van der Waals surface area (Å²) in [6.45, 7) is 11.0. The van der Waals surface area contributed by atoms with E-state index in [9.17, 15) is 9.59 Å². The van der Waals surface area contributed by atoms with Crippen molar-refractivity contribution in [3.05, 3.63) is 36.4 Å². The number of nitrogens with zero attached hydrogens (tertiary/aromatic N) is 2. The largest absolute Gasteiger partial charge is 0.483 e. The van der Waals surface area contributed by atoms with E-state index < -0.39 is 0 Å². The molecule has 2 heterocycles. The van der Waals surface area contributed by atoms with Crippen LogP contribution in [0.2, 0.25) is 0 Å². The van der Waals surface area contributed by atoms with E-state index in [-0.39, 0.29) is 24.0 Å². The zero-order valence-corrected chi connectivity index (χ0v) is 16.7. The molecular weight excluding hydrogens is 358 g/mol. The van der Waals surface area contributed by atoms with Gasteiger partial charge in [-0.2, -0.15) is 0 Å². The summed E-state index contributed by atoms with van der Waals surface area (Å²) in [5, 5.41) is 2.77. The molecule has 28 heavy (non-hydrogen) atoms. The van der Waals surface area contributed by atoms with Crippen molar-refractivity contribution >= 4 is 11.8 Å². The van der Waals surface area contributed by atoms with Crippen molar-refractivity contribution in [1.29, 1.82) is 0 Å². The number of ether oxygens (including phenoxy) is 2. The number of rotatable bonds is 7. The van der Waals surface area contributed by atoms with Crippen LogP contribution in [0.5, 0.6) is 11.5 Å². The van der Waals surface area contributed by atoms with E-state index in [1.54, 1.807) is 11.0 Å². The standard InChI is InChI=1S/C21H29N3O4/c1-4-8-22-18(25)14-23-9-11-24(12-10-23)19(26)15-27-17-7-5-6-16-13-21(2,3)28-20(16)17/h4-7H,1,8-15H2,2-3H3,(H,22,25). The SMILES string of the molecule is C=CCNC(=O)CN1CCN(C(=O)COc2cccc3c2OC(C)(C)C3)CC1. The third kappa shape index (κ3) is 5.04. The quantitative estimate of drug-likeness (QED) is 0.713. The molecule has 7 heteroatoms. The fourth-order valence-electron chi connectivity index (χ4n) is 3.53. The minimum absolute atomic E-state index is 0.0138. The highest BCUT2D eigenvalue weighted by molar-refractivity contribution is 5.79. The highest BCUT2D eigenvalue weighted by Gasteiger charge is 2.32. The normalized spacial score (nSPS) is 18.1. The molecule has 3 rings (SSSR count). The number of piperazine rings is 1. The Bertz CT molecular complexity index is 739. The van der Waals surface area contributed by atoms with E-state index in [1.165, 1.54) is 0 Å². The maximum Gasteiger partial charge on any atom is 0.260 e. The van der Waals surface area contributed by atoms with Gasteiger partial charge in [0.25, 0.3) is 5.91 Å². The van der Waals surface area contributed by atoms with Crippen molar-refractivity contribution in [2.24, 2.45) is 0 Å². The molecule has 0 aliphatic carbocycles. The van der Waals surface area contributed by atoms with Crippen LogP contribution in [0.15, 0.2) is 30.9 Å². The fraction of sp³-hybridized carbons (Fsp3) is 0.524. The fourth-order valence-corrected chi connectivity index (χ4v) is 3.53. The summed E-state index contributed by atoms with van der Waals surface area (Å²) in [5.41, 5.74) is 0.860. The van der Waals surface area contributed by atoms with E-state index >= 15 is 0 Å². The number of benzene rings is 1. The highest BCUT2D eigenvalue weighted by atomic mass is 16.5. The van der Waals surface area contributed by atoms with E-state index in [0.29, 0.717) is 45.0 Å². The smallest absolute Gasteiger partial charge is 0.260 e. The second-order valence-electron chi connectivity index (χ2n) is 7.82. The molecule has 1 aromatic carbocycles. The lowest BCUT2D eigenvalue weighted by molar-refractivity contribution is -0.135. The van der Waals surface area contributed by atoms with Gasteiger partial charge in [-0.25, -0.2) is 0 Å². The maximum absolute atomic E-state index is 12.5. The Morgan fingerprint density at radius 2 is 2.04 bits per heavy atom. The second-order valence-corrected chi connectivity index (χ2v) is 7.82. The van der Waals surface area contributed by atoms with Crippen LogP contribution in [0.4, 0.5) is 0 Å². The molecule has 2 amide bonds. The molecule has 152 valence electrons. The summed E-state index contributed by atoms with van der Waals surface area (Å²) < 4.78 is 11.8. The average molecular weight is 387 g/mol. The van der Waals surface area contributed by atoms with Crippen molar-refractivity contribution in [3.63, 3.8) is 0 Å². The highest BCUT2D eigenvalue weighted by Crippen LogP contribution is 2.41. The Balaban J connectivity index is 1.46. The third-order valence-corrected chi connectivity index (χ3v) is 4.94. The van der Waals surface area contributed by atoms with Crippen LogP contribution in [-0.2, 0) is 16.0 Å². The first-order valence-corrected chi connectivity index (χ1v) is 9.69. The van der Waals surface area contributed by atoms with Gasteiger partial charge in [0.1, 0.15) is 5.60 Å².